The first-order valence-electron chi connectivity index (χ1n) is 2.76. The fraction of sp³-hybridized carbons (Fsp3) is 1.00. The lowest BCUT2D eigenvalue weighted by molar-refractivity contribution is -0.332. The zero-order chi connectivity index (χ0) is 7.28. The second kappa shape index (κ2) is 4.66. The Morgan fingerprint density at radius 1 is 1.56 bits per heavy atom. The molecule has 0 saturated heterocycles. The van der Waals surface area contributed by atoms with Crippen LogP contribution in [0.15, 0.2) is 0 Å². The van der Waals surface area contributed by atoms with E-state index in [1.807, 2.05) is 5.48 Å². The topological polar surface area (TPSA) is 76.0 Å². The molecule has 0 bridgehead atoms. The minimum absolute atomic E-state index is 0.0865. The first-order chi connectivity index (χ1) is 4.22. The highest BCUT2D eigenvalue weighted by Gasteiger charge is 2.10. The van der Waals surface area contributed by atoms with Crippen molar-refractivity contribution in [3.05, 3.63) is 0 Å². The second-order valence-corrected chi connectivity index (χ2v) is 1.74. The van der Waals surface area contributed by atoms with Gasteiger partial charge in [-0.1, -0.05) is 12.2 Å². The zero-order valence-electron chi connectivity index (χ0n) is 5.28. The van der Waals surface area contributed by atoms with Crippen LogP contribution in [0.25, 0.3) is 0 Å². The average molecular weight is 136 g/mol. The van der Waals surface area contributed by atoms with Gasteiger partial charge in [0.2, 0.25) is 0 Å². The molecule has 56 valence electrons. The molecule has 0 amide bonds. The van der Waals surface area contributed by atoms with Gasteiger partial charge in [0.1, 0.15) is 0 Å². The van der Waals surface area contributed by atoms with Crippen molar-refractivity contribution < 1.29 is 15.6 Å². The van der Waals surface area contributed by atoms with E-state index < -0.39 is 6.04 Å². The third-order valence-electron chi connectivity index (χ3n) is 1.12. The van der Waals surface area contributed by atoms with Gasteiger partial charge < -0.3 is 5.21 Å². The van der Waals surface area contributed by atoms with E-state index in [0.717, 1.165) is 0 Å². The number of nitrogens with one attached hydrogen (secondary N) is 1. The van der Waals surface area contributed by atoms with Gasteiger partial charge in [0.25, 0.3) is 0 Å². The molecule has 1 atom stereocenters. The minimum Gasteiger partial charge on any atom is -0.317 e. The van der Waals surface area contributed by atoms with Crippen molar-refractivity contribution in [2.45, 2.75) is 19.4 Å². The Hall–Kier alpha value is -0.200. The fourth-order valence-electron chi connectivity index (χ4n) is 0.495. The van der Waals surface area contributed by atoms with Crippen LogP contribution in [0.4, 0.5) is 0 Å². The quantitative estimate of drug-likeness (QED) is 0.403. The Labute approximate surface area is 53.4 Å². The number of hydrogen-bond donors (Lipinski definition) is 4. The Balaban J connectivity index is 3.41. The van der Waals surface area contributed by atoms with Gasteiger partial charge in [-0.05, 0) is 6.42 Å². The van der Waals surface area contributed by atoms with Crippen molar-refractivity contribution in [2.24, 2.45) is 0 Å². The molecular weight excluding hydrogens is 124 g/mol. The minimum atomic E-state index is -0.449. The molecule has 5 nitrogen and oxygen atoms in total. The maximum atomic E-state index is 8.38. The molecular formula is C4H12N2O3. The molecule has 9 heavy (non-hydrogen) atoms. The normalized spacial score (nSPS) is 14.3. The number of rotatable bonds is 4. The Morgan fingerprint density at radius 2 is 2.11 bits per heavy atom. The van der Waals surface area contributed by atoms with Crippen LogP contribution in [-0.4, -0.2) is 33.4 Å². The SMILES string of the molecule is CCC(CNO)N(O)O. The van der Waals surface area contributed by atoms with Crippen molar-refractivity contribution in [2.75, 3.05) is 6.54 Å². The third-order valence-corrected chi connectivity index (χ3v) is 1.12. The summed E-state index contributed by atoms with van der Waals surface area (Å²) in [6.07, 6.45) is 0.556. The van der Waals surface area contributed by atoms with Gasteiger partial charge in [0.15, 0.2) is 0 Å². The predicted molar refractivity (Wildman–Crippen MR) is 29.3 cm³/mol. The number of hydroxylamine groups is 3. The molecule has 0 radical (unpaired) electrons. The van der Waals surface area contributed by atoms with Crippen molar-refractivity contribution in [3.63, 3.8) is 0 Å². The van der Waals surface area contributed by atoms with E-state index >= 15 is 0 Å². The maximum Gasteiger partial charge on any atom is 0.0768 e. The molecule has 0 aromatic carbocycles. The van der Waals surface area contributed by atoms with Crippen molar-refractivity contribution in [3.8, 4) is 0 Å². The van der Waals surface area contributed by atoms with E-state index in [0.29, 0.717) is 6.42 Å². The first kappa shape index (κ1) is 8.80. The lowest BCUT2D eigenvalue weighted by Crippen LogP contribution is -2.36. The van der Waals surface area contributed by atoms with Crippen LogP contribution in [0.3, 0.4) is 0 Å². The van der Waals surface area contributed by atoms with Crippen LogP contribution in [0.1, 0.15) is 13.3 Å². The van der Waals surface area contributed by atoms with Crippen LogP contribution in [0.5, 0.6) is 0 Å². The van der Waals surface area contributed by atoms with Crippen LogP contribution in [0.2, 0.25) is 0 Å². The molecule has 0 fully saturated rings. The molecule has 0 saturated carbocycles. The summed E-state index contributed by atoms with van der Waals surface area (Å²) in [4.78, 5) is 0. The van der Waals surface area contributed by atoms with Crippen molar-refractivity contribution in [1.82, 2.24) is 10.7 Å². The molecule has 0 aliphatic heterocycles. The van der Waals surface area contributed by atoms with Gasteiger partial charge in [-0.2, -0.15) is 0 Å². The number of nitrogens with zero attached hydrogens (tertiary/aromatic N) is 1. The monoisotopic (exact) mass is 136 g/mol. The fourth-order valence-corrected chi connectivity index (χ4v) is 0.495. The molecule has 0 spiro atoms. The molecule has 1 unspecified atom stereocenters. The van der Waals surface area contributed by atoms with E-state index in [1.54, 1.807) is 6.92 Å². The molecule has 0 heterocycles. The van der Waals surface area contributed by atoms with Gasteiger partial charge >= 0.3 is 0 Å². The largest absolute Gasteiger partial charge is 0.317 e. The average Bonchev–Trinajstić information content (AvgIpc) is 1.82. The Morgan fingerprint density at radius 3 is 2.22 bits per heavy atom. The van der Waals surface area contributed by atoms with E-state index in [2.05, 4.69) is 0 Å². The third kappa shape index (κ3) is 3.39. The molecule has 0 aliphatic rings. The molecule has 0 aromatic heterocycles. The van der Waals surface area contributed by atoms with Crippen LogP contribution in [0, 0.1) is 0 Å². The van der Waals surface area contributed by atoms with Crippen molar-refractivity contribution in [1.29, 1.82) is 0 Å². The summed E-state index contributed by atoms with van der Waals surface area (Å²) < 4.78 is 0. The molecule has 5 heteroatoms. The van der Waals surface area contributed by atoms with Crippen LogP contribution < -0.4 is 5.48 Å². The smallest absolute Gasteiger partial charge is 0.0768 e. The Kier molecular flexibility index (Phi) is 4.55. The highest BCUT2D eigenvalue weighted by atomic mass is 16.8. The summed E-state index contributed by atoms with van der Waals surface area (Å²) in [5, 5.41) is 25.0. The lowest BCUT2D eigenvalue weighted by Gasteiger charge is -2.16. The lowest BCUT2D eigenvalue weighted by atomic mass is 10.2. The summed E-state index contributed by atoms with van der Waals surface area (Å²) in [5.74, 6) is 0. The molecule has 0 aromatic rings. The Bertz CT molecular complexity index is 68.8. The second-order valence-electron chi connectivity index (χ2n) is 1.74. The van der Waals surface area contributed by atoms with Crippen LogP contribution >= 0.6 is 0 Å². The predicted octanol–water partition coefficient (Wildman–Crippen LogP) is -0.176. The van der Waals surface area contributed by atoms with E-state index in [1.165, 1.54) is 0 Å². The van der Waals surface area contributed by atoms with Crippen LogP contribution in [-0.2, 0) is 0 Å². The maximum absolute atomic E-state index is 8.38. The molecule has 4 N–H and O–H groups in total. The van der Waals surface area contributed by atoms with E-state index in [9.17, 15) is 0 Å². The highest BCUT2D eigenvalue weighted by Crippen LogP contribution is 1.94. The van der Waals surface area contributed by atoms with Crippen molar-refractivity contribution >= 4 is 0 Å². The summed E-state index contributed by atoms with van der Waals surface area (Å²) in [7, 11) is 0. The summed E-state index contributed by atoms with van der Waals surface area (Å²) in [6.45, 7) is 1.92. The molecule has 0 aliphatic carbocycles. The standard InChI is InChI=1S/C4H12N2O3/c1-2-4(3-5-7)6(8)9/h4-5,7-9H,2-3H2,1H3. The highest BCUT2D eigenvalue weighted by molar-refractivity contribution is 4.57. The summed E-state index contributed by atoms with van der Waals surface area (Å²) in [5.41, 5.74) is 1.84. The van der Waals surface area contributed by atoms with Gasteiger partial charge in [-0.3, -0.25) is 10.4 Å². The number of hydrogen-bond acceptors (Lipinski definition) is 5. The molecule has 0 rings (SSSR count). The zero-order valence-corrected chi connectivity index (χ0v) is 5.28. The van der Waals surface area contributed by atoms with Gasteiger partial charge in [0, 0.05) is 6.54 Å². The summed E-state index contributed by atoms with van der Waals surface area (Å²) in [6, 6.07) is -0.449. The summed E-state index contributed by atoms with van der Waals surface area (Å²) >= 11 is 0. The van der Waals surface area contributed by atoms with E-state index in [-0.39, 0.29) is 11.8 Å². The first-order valence-corrected chi connectivity index (χ1v) is 2.76. The van der Waals surface area contributed by atoms with Gasteiger partial charge in [-0.25, -0.2) is 5.48 Å². The van der Waals surface area contributed by atoms with E-state index in [4.69, 9.17) is 15.6 Å². The van der Waals surface area contributed by atoms with Gasteiger partial charge in [0.05, 0.1) is 6.04 Å². The van der Waals surface area contributed by atoms with Gasteiger partial charge in [-0.15, -0.1) is 0 Å².